The molecule has 0 aliphatic carbocycles. The second kappa shape index (κ2) is 7.44. The van der Waals surface area contributed by atoms with E-state index in [0.717, 1.165) is 37.7 Å². The van der Waals surface area contributed by atoms with E-state index in [2.05, 4.69) is 36.2 Å². The second-order valence-corrected chi connectivity index (χ2v) is 5.90. The Hall–Kier alpha value is -1.35. The first-order valence-electron chi connectivity index (χ1n) is 7.78. The number of carbonyl (C=O) groups is 1. The van der Waals surface area contributed by atoms with Gasteiger partial charge in [0.25, 0.3) is 0 Å². The van der Waals surface area contributed by atoms with Crippen LogP contribution in [0.25, 0.3) is 0 Å². The molecule has 1 aromatic carbocycles. The maximum Gasteiger partial charge on any atom is 0.225 e. The molecule has 0 bridgehead atoms. The van der Waals surface area contributed by atoms with Gasteiger partial charge in [0.2, 0.25) is 5.91 Å². The van der Waals surface area contributed by atoms with E-state index in [-0.39, 0.29) is 5.91 Å². The maximum atomic E-state index is 12.0. The van der Waals surface area contributed by atoms with Crippen LogP contribution >= 0.6 is 0 Å². The van der Waals surface area contributed by atoms with Crippen molar-refractivity contribution in [2.75, 3.05) is 25.0 Å². The van der Waals surface area contributed by atoms with Crippen LogP contribution in [0.1, 0.15) is 38.7 Å². The zero-order chi connectivity index (χ0) is 14.4. The van der Waals surface area contributed by atoms with Crippen molar-refractivity contribution in [2.24, 2.45) is 5.92 Å². The topological polar surface area (TPSA) is 32.3 Å². The Morgan fingerprint density at radius 3 is 2.75 bits per heavy atom. The third-order valence-corrected chi connectivity index (χ3v) is 4.04. The van der Waals surface area contributed by atoms with E-state index in [1.807, 2.05) is 12.1 Å². The molecule has 1 aromatic rings. The van der Waals surface area contributed by atoms with Crippen molar-refractivity contribution in [2.45, 2.75) is 39.5 Å². The predicted molar refractivity (Wildman–Crippen MR) is 83.9 cm³/mol. The molecule has 1 atom stereocenters. The number of amides is 1. The average molecular weight is 274 g/mol. The number of piperidine rings is 1. The maximum absolute atomic E-state index is 12.0. The Bertz CT molecular complexity index is 427. The van der Waals surface area contributed by atoms with Gasteiger partial charge in [-0.05, 0) is 49.4 Å². The third kappa shape index (κ3) is 4.64. The molecule has 1 aliphatic heterocycles. The third-order valence-electron chi connectivity index (χ3n) is 4.04. The Morgan fingerprint density at radius 1 is 1.35 bits per heavy atom. The molecule has 0 spiro atoms. The largest absolute Gasteiger partial charge is 0.326 e. The van der Waals surface area contributed by atoms with Crippen molar-refractivity contribution in [3.63, 3.8) is 0 Å². The highest BCUT2D eigenvalue weighted by molar-refractivity contribution is 5.90. The normalized spacial score (nSPS) is 19.8. The summed E-state index contributed by atoms with van der Waals surface area (Å²) in [5.74, 6) is 0.890. The molecular formula is C17H26N2O. The van der Waals surface area contributed by atoms with E-state index in [0.29, 0.717) is 6.42 Å². The summed E-state index contributed by atoms with van der Waals surface area (Å²) in [7, 11) is 0. The van der Waals surface area contributed by atoms with E-state index in [9.17, 15) is 4.79 Å². The smallest absolute Gasteiger partial charge is 0.225 e. The van der Waals surface area contributed by atoms with Crippen LogP contribution in [-0.2, 0) is 11.2 Å². The van der Waals surface area contributed by atoms with E-state index in [1.165, 1.54) is 18.4 Å². The van der Waals surface area contributed by atoms with Crippen molar-refractivity contribution in [1.82, 2.24) is 4.90 Å². The van der Waals surface area contributed by atoms with Gasteiger partial charge >= 0.3 is 0 Å². The zero-order valence-corrected chi connectivity index (χ0v) is 12.7. The van der Waals surface area contributed by atoms with Gasteiger partial charge in [0.1, 0.15) is 0 Å². The molecule has 0 radical (unpaired) electrons. The van der Waals surface area contributed by atoms with E-state index in [1.54, 1.807) is 0 Å². The molecule has 1 saturated heterocycles. The number of nitrogens with one attached hydrogen (secondary N) is 1. The monoisotopic (exact) mass is 274 g/mol. The van der Waals surface area contributed by atoms with Gasteiger partial charge in [-0.2, -0.15) is 0 Å². The fourth-order valence-corrected chi connectivity index (χ4v) is 2.80. The number of hydrogen-bond acceptors (Lipinski definition) is 2. The van der Waals surface area contributed by atoms with Crippen molar-refractivity contribution < 1.29 is 4.79 Å². The first-order valence-corrected chi connectivity index (χ1v) is 7.78. The molecule has 2 rings (SSSR count). The summed E-state index contributed by atoms with van der Waals surface area (Å²) >= 11 is 0. The first kappa shape index (κ1) is 15.0. The molecule has 1 amide bonds. The summed E-state index contributed by atoms with van der Waals surface area (Å²) < 4.78 is 0. The van der Waals surface area contributed by atoms with Gasteiger partial charge in [-0.1, -0.05) is 26.0 Å². The van der Waals surface area contributed by atoms with Gasteiger partial charge in [0.15, 0.2) is 0 Å². The lowest BCUT2D eigenvalue weighted by atomic mass is 10.0. The summed E-state index contributed by atoms with van der Waals surface area (Å²) in [6.07, 6.45) is 4.21. The molecule has 0 aromatic heterocycles. The lowest BCUT2D eigenvalue weighted by molar-refractivity contribution is -0.116. The highest BCUT2D eigenvalue weighted by atomic mass is 16.1. The minimum atomic E-state index is 0.118. The second-order valence-electron chi connectivity index (χ2n) is 5.90. The zero-order valence-electron chi connectivity index (χ0n) is 12.7. The molecule has 3 heteroatoms. The quantitative estimate of drug-likeness (QED) is 0.893. The molecule has 1 unspecified atom stereocenters. The number of rotatable bonds is 5. The summed E-state index contributed by atoms with van der Waals surface area (Å²) in [5, 5.41) is 2.98. The number of nitrogens with zero attached hydrogens (tertiary/aromatic N) is 1. The van der Waals surface area contributed by atoms with Crippen molar-refractivity contribution in [1.29, 1.82) is 0 Å². The number of benzene rings is 1. The number of aryl methyl sites for hydroxylation is 1. The minimum absolute atomic E-state index is 0.118. The Labute approximate surface area is 122 Å². The number of hydrogen-bond donors (Lipinski definition) is 1. The van der Waals surface area contributed by atoms with E-state index in [4.69, 9.17) is 0 Å². The van der Waals surface area contributed by atoms with Crippen LogP contribution in [0.4, 0.5) is 5.69 Å². The molecule has 1 N–H and O–H groups in total. The van der Waals surface area contributed by atoms with Gasteiger partial charge in [0.05, 0.1) is 0 Å². The summed E-state index contributed by atoms with van der Waals surface area (Å²) in [6, 6.07) is 8.11. The van der Waals surface area contributed by atoms with Crippen molar-refractivity contribution in [3.05, 3.63) is 29.8 Å². The molecule has 3 nitrogen and oxygen atoms in total. The first-order chi connectivity index (χ1) is 9.67. The lowest BCUT2D eigenvalue weighted by Gasteiger charge is -2.30. The van der Waals surface area contributed by atoms with Crippen LogP contribution < -0.4 is 5.32 Å². The van der Waals surface area contributed by atoms with Gasteiger partial charge in [-0.15, -0.1) is 0 Å². The Kier molecular flexibility index (Phi) is 5.60. The summed E-state index contributed by atoms with van der Waals surface area (Å²) in [5.41, 5.74) is 2.20. The van der Waals surface area contributed by atoms with Crippen molar-refractivity contribution in [3.8, 4) is 0 Å². The SMILES string of the molecule is CCc1ccc(NC(=O)CCN2CCCC(C)C2)cc1. The standard InChI is InChI=1S/C17H26N2O/c1-3-15-6-8-16(9-7-15)18-17(20)10-12-19-11-4-5-14(2)13-19/h6-9,14H,3-5,10-13H2,1-2H3,(H,18,20). The predicted octanol–water partition coefficient (Wildman–Crippen LogP) is 3.31. The molecule has 1 aliphatic rings. The molecule has 110 valence electrons. The van der Waals surface area contributed by atoms with Crippen LogP contribution in [0.15, 0.2) is 24.3 Å². The fourth-order valence-electron chi connectivity index (χ4n) is 2.80. The van der Waals surface area contributed by atoms with E-state index < -0.39 is 0 Å². The average Bonchev–Trinajstić information content (AvgIpc) is 2.46. The highest BCUT2D eigenvalue weighted by Gasteiger charge is 2.16. The molecule has 20 heavy (non-hydrogen) atoms. The molecule has 1 fully saturated rings. The summed E-state index contributed by atoms with van der Waals surface area (Å²) in [4.78, 5) is 14.4. The number of carbonyl (C=O) groups excluding carboxylic acids is 1. The van der Waals surface area contributed by atoms with Gasteiger partial charge in [-0.25, -0.2) is 0 Å². The fraction of sp³-hybridized carbons (Fsp3) is 0.588. The van der Waals surface area contributed by atoms with Gasteiger partial charge in [-0.3, -0.25) is 4.79 Å². The summed E-state index contributed by atoms with van der Waals surface area (Å²) in [6.45, 7) is 7.58. The van der Waals surface area contributed by atoms with Gasteiger partial charge in [0, 0.05) is 25.2 Å². The van der Waals surface area contributed by atoms with Crippen LogP contribution in [-0.4, -0.2) is 30.4 Å². The Morgan fingerprint density at radius 2 is 2.10 bits per heavy atom. The molecule has 0 saturated carbocycles. The number of anilines is 1. The molecular weight excluding hydrogens is 248 g/mol. The molecule has 1 heterocycles. The Balaban J connectivity index is 1.74. The van der Waals surface area contributed by atoms with Crippen LogP contribution in [0.2, 0.25) is 0 Å². The number of likely N-dealkylation sites (tertiary alicyclic amines) is 1. The van der Waals surface area contributed by atoms with E-state index >= 15 is 0 Å². The highest BCUT2D eigenvalue weighted by Crippen LogP contribution is 2.16. The van der Waals surface area contributed by atoms with Crippen molar-refractivity contribution >= 4 is 11.6 Å². The van der Waals surface area contributed by atoms with Crippen LogP contribution in [0.3, 0.4) is 0 Å². The van der Waals surface area contributed by atoms with Crippen LogP contribution in [0, 0.1) is 5.92 Å². The van der Waals surface area contributed by atoms with Crippen LogP contribution in [0.5, 0.6) is 0 Å². The minimum Gasteiger partial charge on any atom is -0.326 e. The lowest BCUT2D eigenvalue weighted by Crippen LogP contribution is -2.36. The van der Waals surface area contributed by atoms with Gasteiger partial charge < -0.3 is 10.2 Å².